The van der Waals surface area contributed by atoms with E-state index >= 15 is 0 Å². The maximum absolute atomic E-state index is 14.0. The Hall–Kier alpha value is -2.21. The molecule has 1 aliphatic heterocycles. The zero-order valence-electron chi connectivity index (χ0n) is 16.5. The van der Waals surface area contributed by atoms with Crippen molar-refractivity contribution in [1.82, 2.24) is 14.9 Å². The van der Waals surface area contributed by atoms with Gasteiger partial charge in [-0.2, -0.15) is 4.39 Å². The van der Waals surface area contributed by atoms with E-state index < -0.39 is 5.95 Å². The van der Waals surface area contributed by atoms with E-state index in [0.717, 1.165) is 44.6 Å². The molecule has 150 valence electrons. The molecule has 5 nitrogen and oxygen atoms in total. The number of aromatic nitrogens is 2. The van der Waals surface area contributed by atoms with Gasteiger partial charge in [-0.25, -0.2) is 4.98 Å². The van der Waals surface area contributed by atoms with E-state index in [1.807, 2.05) is 6.07 Å². The molecular weight excluding hydrogens is 357 g/mol. The van der Waals surface area contributed by atoms with Gasteiger partial charge in [0, 0.05) is 36.9 Å². The molecule has 28 heavy (non-hydrogen) atoms. The predicted octanol–water partition coefficient (Wildman–Crippen LogP) is 3.91. The summed E-state index contributed by atoms with van der Waals surface area (Å²) in [6, 6.07) is 7.12. The van der Waals surface area contributed by atoms with E-state index in [2.05, 4.69) is 21.8 Å². The van der Waals surface area contributed by atoms with E-state index in [4.69, 9.17) is 4.74 Å². The maximum atomic E-state index is 14.0. The second kappa shape index (κ2) is 8.03. The van der Waals surface area contributed by atoms with Gasteiger partial charge in [-0.1, -0.05) is 6.92 Å². The summed E-state index contributed by atoms with van der Waals surface area (Å²) in [7, 11) is 0. The molecule has 2 fully saturated rings. The molecule has 0 spiro atoms. The summed E-state index contributed by atoms with van der Waals surface area (Å²) < 4.78 is 19.9. The van der Waals surface area contributed by atoms with Crippen LogP contribution in [0.3, 0.4) is 0 Å². The van der Waals surface area contributed by atoms with Crippen molar-refractivity contribution in [1.29, 1.82) is 0 Å². The molecule has 3 heterocycles. The maximum Gasteiger partial charge on any atom is 0.255 e. The zero-order chi connectivity index (χ0) is 19.7. The average molecular weight is 385 g/mol. The summed E-state index contributed by atoms with van der Waals surface area (Å²) in [6.07, 6.45) is 4.58. The number of halogens is 1. The number of pyridine rings is 2. The van der Waals surface area contributed by atoms with Crippen LogP contribution in [0.15, 0.2) is 30.5 Å². The van der Waals surface area contributed by atoms with Crippen LogP contribution < -0.4 is 4.74 Å². The quantitative estimate of drug-likeness (QED) is 0.764. The van der Waals surface area contributed by atoms with Gasteiger partial charge in [0.25, 0.3) is 5.95 Å². The smallest absolute Gasteiger partial charge is 0.255 e. The van der Waals surface area contributed by atoms with Crippen molar-refractivity contribution in [2.45, 2.75) is 45.1 Å². The molecule has 0 aromatic carbocycles. The van der Waals surface area contributed by atoms with Gasteiger partial charge in [-0.15, -0.1) is 0 Å². The molecule has 2 aromatic rings. The minimum atomic E-state index is -0.508. The molecule has 2 unspecified atom stereocenters. The first kappa shape index (κ1) is 19.1. The standard InChI is InChI=1S/C22H28FN3O2/c1-3-15(20-6-5-18(27)10-24-20)11-26-12-16-8-19(9-17(16)13-26)28-21-7-4-14(2)25-22(21)23/h4-7,10,15-17,19,27H,3,8-9,11-13H2,1-2H3/t15?,16-,17+,19?. The SMILES string of the molecule is CCC(CN1C[C@H]2CC(Oc3ccc(C)nc3F)C[C@H]2C1)c1ccc(O)cn1. The Labute approximate surface area is 165 Å². The van der Waals surface area contributed by atoms with Crippen LogP contribution in [0, 0.1) is 24.7 Å². The topological polar surface area (TPSA) is 58.5 Å². The van der Waals surface area contributed by atoms with Gasteiger partial charge < -0.3 is 14.7 Å². The summed E-state index contributed by atoms with van der Waals surface area (Å²) in [4.78, 5) is 10.8. The number of aromatic hydroxyl groups is 1. The van der Waals surface area contributed by atoms with Crippen LogP contribution in [0.1, 0.15) is 43.5 Å². The van der Waals surface area contributed by atoms with Crippen LogP contribution in [0.5, 0.6) is 11.5 Å². The summed E-state index contributed by atoms with van der Waals surface area (Å²) in [6.45, 7) is 7.08. The minimum absolute atomic E-state index is 0.0805. The van der Waals surface area contributed by atoms with E-state index in [1.54, 1.807) is 25.1 Å². The molecule has 1 N–H and O–H groups in total. The number of fused-ring (bicyclic) bond motifs is 1. The second-order valence-electron chi connectivity index (χ2n) is 8.24. The Kier molecular flexibility index (Phi) is 5.49. The predicted molar refractivity (Wildman–Crippen MR) is 105 cm³/mol. The van der Waals surface area contributed by atoms with Gasteiger partial charge in [0.05, 0.1) is 12.3 Å². The fourth-order valence-corrected chi connectivity index (χ4v) is 4.75. The van der Waals surface area contributed by atoms with Crippen LogP contribution in [0.2, 0.25) is 0 Å². The second-order valence-corrected chi connectivity index (χ2v) is 8.24. The molecule has 0 amide bonds. The molecule has 1 aliphatic carbocycles. The van der Waals surface area contributed by atoms with Crippen LogP contribution >= 0.6 is 0 Å². The van der Waals surface area contributed by atoms with Crippen molar-refractivity contribution in [3.05, 3.63) is 47.8 Å². The summed E-state index contributed by atoms with van der Waals surface area (Å²) in [5.74, 6) is 1.57. The van der Waals surface area contributed by atoms with Gasteiger partial charge >= 0.3 is 0 Å². The van der Waals surface area contributed by atoms with Crippen molar-refractivity contribution < 1.29 is 14.2 Å². The Morgan fingerprint density at radius 3 is 2.57 bits per heavy atom. The number of likely N-dealkylation sites (tertiary alicyclic amines) is 1. The molecular formula is C22H28FN3O2. The highest BCUT2D eigenvalue weighted by Gasteiger charge is 2.42. The highest BCUT2D eigenvalue weighted by atomic mass is 19.1. The number of nitrogens with zero attached hydrogens (tertiary/aromatic N) is 3. The number of hydrogen-bond acceptors (Lipinski definition) is 5. The fourth-order valence-electron chi connectivity index (χ4n) is 4.75. The molecule has 2 aromatic heterocycles. The Balaban J connectivity index is 1.31. The molecule has 4 rings (SSSR count). The van der Waals surface area contributed by atoms with Gasteiger partial charge in [0.15, 0.2) is 5.75 Å². The van der Waals surface area contributed by atoms with Crippen molar-refractivity contribution in [3.8, 4) is 11.5 Å². The molecule has 1 saturated heterocycles. The largest absolute Gasteiger partial charge is 0.506 e. The van der Waals surface area contributed by atoms with Gasteiger partial charge in [0.1, 0.15) is 5.75 Å². The van der Waals surface area contributed by atoms with Gasteiger partial charge in [-0.3, -0.25) is 4.98 Å². The first-order valence-electron chi connectivity index (χ1n) is 10.2. The molecule has 4 atom stereocenters. The third kappa shape index (κ3) is 4.12. The Morgan fingerprint density at radius 1 is 1.21 bits per heavy atom. The molecule has 1 saturated carbocycles. The lowest BCUT2D eigenvalue weighted by atomic mass is 10.0. The van der Waals surface area contributed by atoms with Crippen LogP contribution in [0.4, 0.5) is 4.39 Å². The number of rotatable bonds is 6. The number of aryl methyl sites for hydroxylation is 1. The minimum Gasteiger partial charge on any atom is -0.506 e. The van der Waals surface area contributed by atoms with Gasteiger partial charge in [-0.05, 0) is 62.3 Å². The number of ether oxygens (including phenoxy) is 1. The zero-order valence-corrected chi connectivity index (χ0v) is 16.5. The first-order valence-corrected chi connectivity index (χ1v) is 10.2. The lowest BCUT2D eigenvalue weighted by molar-refractivity contribution is 0.175. The summed E-state index contributed by atoms with van der Waals surface area (Å²) in [5, 5.41) is 9.45. The molecule has 0 radical (unpaired) electrons. The highest BCUT2D eigenvalue weighted by molar-refractivity contribution is 5.22. The van der Waals surface area contributed by atoms with E-state index in [9.17, 15) is 9.50 Å². The van der Waals surface area contributed by atoms with Crippen molar-refractivity contribution >= 4 is 0 Å². The average Bonchev–Trinajstić information content (AvgIpc) is 3.21. The van der Waals surface area contributed by atoms with E-state index in [1.165, 1.54) is 6.20 Å². The lowest BCUT2D eigenvalue weighted by Gasteiger charge is -2.24. The molecule has 0 bridgehead atoms. The first-order chi connectivity index (χ1) is 13.5. The van der Waals surface area contributed by atoms with Crippen molar-refractivity contribution in [3.63, 3.8) is 0 Å². The van der Waals surface area contributed by atoms with Crippen LogP contribution in [-0.4, -0.2) is 45.7 Å². The third-order valence-corrected chi connectivity index (χ3v) is 6.19. The van der Waals surface area contributed by atoms with Crippen molar-refractivity contribution in [2.24, 2.45) is 11.8 Å². The number of hydrogen-bond donors (Lipinski definition) is 1. The van der Waals surface area contributed by atoms with Crippen LogP contribution in [-0.2, 0) is 0 Å². The van der Waals surface area contributed by atoms with Crippen LogP contribution in [0.25, 0.3) is 0 Å². The third-order valence-electron chi connectivity index (χ3n) is 6.19. The normalized spacial score (nSPS) is 25.6. The summed E-state index contributed by atoms with van der Waals surface area (Å²) in [5.41, 5.74) is 1.71. The monoisotopic (exact) mass is 385 g/mol. The van der Waals surface area contributed by atoms with E-state index in [-0.39, 0.29) is 17.6 Å². The Morgan fingerprint density at radius 2 is 1.96 bits per heavy atom. The summed E-state index contributed by atoms with van der Waals surface area (Å²) >= 11 is 0. The van der Waals surface area contributed by atoms with Crippen molar-refractivity contribution in [2.75, 3.05) is 19.6 Å². The Bertz CT molecular complexity index is 800. The van der Waals surface area contributed by atoms with E-state index in [0.29, 0.717) is 23.4 Å². The van der Waals surface area contributed by atoms with Gasteiger partial charge in [0.2, 0.25) is 0 Å². The molecule has 2 aliphatic rings. The highest BCUT2D eigenvalue weighted by Crippen LogP contribution is 2.40. The lowest BCUT2D eigenvalue weighted by Crippen LogP contribution is -2.29. The fraction of sp³-hybridized carbons (Fsp3) is 0.545. The molecule has 6 heteroatoms.